The third-order valence-corrected chi connectivity index (χ3v) is 3.44. The first-order valence-electron chi connectivity index (χ1n) is 7.19. The molecule has 2 aromatic rings. The molecule has 0 spiro atoms. The van der Waals surface area contributed by atoms with Gasteiger partial charge in [0.2, 0.25) is 5.95 Å². The molecule has 3 nitrogen and oxygen atoms in total. The van der Waals surface area contributed by atoms with E-state index in [0.29, 0.717) is 5.95 Å². The van der Waals surface area contributed by atoms with Crippen LogP contribution in [0.5, 0.6) is 0 Å². The predicted molar refractivity (Wildman–Crippen MR) is 80.8 cm³/mol. The average Bonchev–Trinajstić information content (AvgIpc) is 2.81. The first-order valence-corrected chi connectivity index (χ1v) is 7.19. The quantitative estimate of drug-likeness (QED) is 0.759. The summed E-state index contributed by atoms with van der Waals surface area (Å²) in [7, 11) is 0. The van der Waals surface area contributed by atoms with Gasteiger partial charge in [0.05, 0.1) is 11.9 Å². The number of unbranched alkanes of at least 4 members (excludes halogenated alkanes) is 4. The van der Waals surface area contributed by atoms with E-state index in [1.807, 2.05) is 24.4 Å². The lowest BCUT2D eigenvalue weighted by Gasteiger charge is -2.10. The molecule has 0 fully saturated rings. The van der Waals surface area contributed by atoms with Crippen molar-refractivity contribution in [1.29, 1.82) is 0 Å². The maximum atomic E-state index is 5.97. The van der Waals surface area contributed by atoms with Crippen LogP contribution in [0, 0.1) is 0 Å². The van der Waals surface area contributed by atoms with Gasteiger partial charge in [-0.3, -0.25) is 0 Å². The Labute approximate surface area is 115 Å². The Morgan fingerprint density at radius 2 is 1.79 bits per heavy atom. The van der Waals surface area contributed by atoms with E-state index in [4.69, 9.17) is 5.73 Å². The van der Waals surface area contributed by atoms with E-state index in [-0.39, 0.29) is 0 Å². The molecule has 0 unspecified atom stereocenters. The van der Waals surface area contributed by atoms with Crippen LogP contribution in [0.1, 0.15) is 39.0 Å². The largest absolute Gasteiger partial charge is 0.369 e. The van der Waals surface area contributed by atoms with Gasteiger partial charge in [-0.1, -0.05) is 62.9 Å². The van der Waals surface area contributed by atoms with Crippen molar-refractivity contribution >= 4 is 5.95 Å². The van der Waals surface area contributed by atoms with Crippen molar-refractivity contribution in [3.05, 3.63) is 36.5 Å². The number of nitrogen functional groups attached to an aromatic ring is 1. The van der Waals surface area contributed by atoms with Gasteiger partial charge in [0.15, 0.2) is 0 Å². The number of aromatic nitrogens is 2. The summed E-state index contributed by atoms with van der Waals surface area (Å²) < 4.78 is 2.13. The molecule has 1 heterocycles. The number of imidazole rings is 1. The van der Waals surface area contributed by atoms with Gasteiger partial charge in [-0.25, -0.2) is 4.98 Å². The normalized spacial score (nSPS) is 10.8. The van der Waals surface area contributed by atoms with Crippen molar-refractivity contribution in [2.24, 2.45) is 0 Å². The summed E-state index contributed by atoms with van der Waals surface area (Å²) in [6, 6.07) is 10.3. The van der Waals surface area contributed by atoms with Crippen molar-refractivity contribution in [3.8, 4) is 11.3 Å². The number of nitrogens with zero attached hydrogens (tertiary/aromatic N) is 2. The van der Waals surface area contributed by atoms with Gasteiger partial charge in [-0.15, -0.1) is 0 Å². The Balaban J connectivity index is 2.02. The number of rotatable bonds is 7. The zero-order chi connectivity index (χ0) is 13.5. The number of nitrogens with two attached hydrogens (primary N) is 1. The molecule has 0 aliphatic heterocycles. The first kappa shape index (κ1) is 13.7. The van der Waals surface area contributed by atoms with E-state index in [1.54, 1.807) is 0 Å². The van der Waals surface area contributed by atoms with Crippen LogP contribution in [-0.2, 0) is 6.54 Å². The minimum Gasteiger partial charge on any atom is -0.369 e. The minimum absolute atomic E-state index is 0.620. The lowest BCUT2D eigenvalue weighted by Crippen LogP contribution is -2.05. The molecule has 0 amide bonds. The Bertz CT molecular complexity index is 488. The van der Waals surface area contributed by atoms with Crippen molar-refractivity contribution in [1.82, 2.24) is 9.55 Å². The molecule has 102 valence electrons. The van der Waals surface area contributed by atoms with Crippen LogP contribution in [0.4, 0.5) is 5.95 Å². The van der Waals surface area contributed by atoms with Gasteiger partial charge >= 0.3 is 0 Å². The summed E-state index contributed by atoms with van der Waals surface area (Å²) >= 11 is 0. The summed E-state index contributed by atoms with van der Waals surface area (Å²) in [5, 5.41) is 0. The standard InChI is InChI=1S/C16H23N3/c1-2-3-4-5-9-12-19-15(13-18-16(19)17)14-10-7-6-8-11-14/h6-8,10-11,13H,2-5,9,12H2,1H3,(H2,17,18). The molecule has 1 aromatic heterocycles. The second kappa shape index (κ2) is 6.98. The van der Waals surface area contributed by atoms with Crippen molar-refractivity contribution in [3.63, 3.8) is 0 Å². The molecule has 2 N–H and O–H groups in total. The number of benzene rings is 1. The summed E-state index contributed by atoms with van der Waals surface area (Å²) in [5.74, 6) is 0.620. The van der Waals surface area contributed by atoms with Gasteiger partial charge in [0.1, 0.15) is 0 Å². The monoisotopic (exact) mass is 257 g/mol. The molecule has 3 heteroatoms. The highest BCUT2D eigenvalue weighted by Crippen LogP contribution is 2.22. The minimum atomic E-state index is 0.620. The molecule has 0 aliphatic carbocycles. The first-order chi connectivity index (χ1) is 9.33. The van der Waals surface area contributed by atoms with Crippen LogP contribution in [-0.4, -0.2) is 9.55 Å². The van der Waals surface area contributed by atoms with Crippen molar-refractivity contribution in [2.45, 2.75) is 45.6 Å². The van der Waals surface area contributed by atoms with E-state index in [9.17, 15) is 0 Å². The highest BCUT2D eigenvalue weighted by atomic mass is 15.1. The van der Waals surface area contributed by atoms with Gasteiger partial charge in [-0.05, 0) is 12.0 Å². The highest BCUT2D eigenvalue weighted by Gasteiger charge is 2.08. The van der Waals surface area contributed by atoms with E-state index >= 15 is 0 Å². The van der Waals surface area contributed by atoms with Crippen LogP contribution in [0.3, 0.4) is 0 Å². The predicted octanol–water partition coefficient (Wildman–Crippen LogP) is 4.10. The van der Waals surface area contributed by atoms with E-state index in [1.165, 1.54) is 37.7 Å². The fraction of sp³-hybridized carbons (Fsp3) is 0.438. The SMILES string of the molecule is CCCCCCCn1c(-c2ccccc2)cnc1N. The molecule has 0 saturated carbocycles. The molecule has 0 saturated heterocycles. The van der Waals surface area contributed by atoms with Crippen LogP contribution in [0.2, 0.25) is 0 Å². The van der Waals surface area contributed by atoms with E-state index in [0.717, 1.165) is 12.2 Å². The highest BCUT2D eigenvalue weighted by molar-refractivity contribution is 5.60. The van der Waals surface area contributed by atoms with E-state index < -0.39 is 0 Å². The summed E-state index contributed by atoms with van der Waals surface area (Å²) in [4.78, 5) is 4.25. The Hall–Kier alpha value is -1.77. The van der Waals surface area contributed by atoms with Crippen LogP contribution < -0.4 is 5.73 Å². The second-order valence-electron chi connectivity index (χ2n) is 4.93. The molecular weight excluding hydrogens is 234 g/mol. The molecule has 0 atom stereocenters. The van der Waals surface area contributed by atoms with Gasteiger partial charge in [0, 0.05) is 6.54 Å². The third kappa shape index (κ3) is 3.60. The van der Waals surface area contributed by atoms with Gasteiger partial charge in [-0.2, -0.15) is 0 Å². The topological polar surface area (TPSA) is 43.8 Å². The fourth-order valence-electron chi connectivity index (χ4n) is 2.34. The number of anilines is 1. The lowest BCUT2D eigenvalue weighted by molar-refractivity contribution is 0.574. The smallest absolute Gasteiger partial charge is 0.200 e. The van der Waals surface area contributed by atoms with Crippen LogP contribution in [0.15, 0.2) is 36.5 Å². The summed E-state index contributed by atoms with van der Waals surface area (Å²) in [5.41, 5.74) is 8.27. The maximum Gasteiger partial charge on any atom is 0.200 e. The molecule has 0 bridgehead atoms. The third-order valence-electron chi connectivity index (χ3n) is 3.44. The Morgan fingerprint density at radius 3 is 2.53 bits per heavy atom. The average molecular weight is 257 g/mol. The van der Waals surface area contributed by atoms with E-state index in [2.05, 4.69) is 28.6 Å². The van der Waals surface area contributed by atoms with Crippen molar-refractivity contribution in [2.75, 3.05) is 5.73 Å². The molecular formula is C16H23N3. The van der Waals surface area contributed by atoms with Crippen molar-refractivity contribution < 1.29 is 0 Å². The Morgan fingerprint density at radius 1 is 1.05 bits per heavy atom. The maximum absolute atomic E-state index is 5.97. The fourth-order valence-corrected chi connectivity index (χ4v) is 2.34. The molecule has 1 aromatic carbocycles. The summed E-state index contributed by atoms with van der Waals surface area (Å²) in [6.45, 7) is 3.20. The Kier molecular flexibility index (Phi) is 5.01. The molecule has 19 heavy (non-hydrogen) atoms. The molecule has 2 rings (SSSR count). The number of hydrogen-bond acceptors (Lipinski definition) is 2. The van der Waals surface area contributed by atoms with Crippen LogP contribution in [0.25, 0.3) is 11.3 Å². The number of hydrogen-bond donors (Lipinski definition) is 1. The zero-order valence-electron chi connectivity index (χ0n) is 11.7. The molecule has 0 aliphatic rings. The van der Waals surface area contributed by atoms with Gasteiger partial charge < -0.3 is 10.3 Å². The molecule has 0 radical (unpaired) electrons. The summed E-state index contributed by atoms with van der Waals surface area (Å²) in [6.07, 6.45) is 8.22. The zero-order valence-corrected chi connectivity index (χ0v) is 11.7. The second-order valence-corrected chi connectivity index (χ2v) is 4.93. The van der Waals surface area contributed by atoms with Gasteiger partial charge in [0.25, 0.3) is 0 Å². The van der Waals surface area contributed by atoms with Crippen LogP contribution >= 0.6 is 0 Å². The lowest BCUT2D eigenvalue weighted by atomic mass is 10.1.